The molecule has 1 saturated heterocycles. The minimum Gasteiger partial charge on any atom is -0.340 e. The Morgan fingerprint density at radius 3 is 2.42 bits per heavy atom. The first-order valence-electron chi connectivity index (χ1n) is 9.86. The average Bonchev–Trinajstić information content (AvgIpc) is 2.76. The minimum absolute atomic E-state index is 0.000547. The molecule has 31 heavy (non-hydrogen) atoms. The SMILES string of the molecule is Cc1ccc(C)c(S(=O)(=O)NCCC(=O)N2CCN(S(=O)(=O)c3cccnc3)CC2)c1. The number of aromatic nitrogens is 1. The van der Waals surface area contributed by atoms with Crippen molar-refractivity contribution in [3.05, 3.63) is 53.9 Å². The average molecular weight is 467 g/mol. The lowest BCUT2D eigenvalue weighted by Gasteiger charge is -2.34. The van der Waals surface area contributed by atoms with Gasteiger partial charge in [0.05, 0.1) is 4.90 Å². The third-order valence-electron chi connectivity index (χ3n) is 5.13. The molecule has 1 fully saturated rings. The van der Waals surface area contributed by atoms with Crippen LogP contribution in [0.5, 0.6) is 0 Å². The van der Waals surface area contributed by atoms with Crippen LogP contribution < -0.4 is 4.72 Å². The monoisotopic (exact) mass is 466 g/mol. The predicted octanol–water partition coefficient (Wildman–Crippen LogP) is 0.900. The van der Waals surface area contributed by atoms with Gasteiger partial charge in [-0.05, 0) is 43.2 Å². The Morgan fingerprint density at radius 2 is 1.77 bits per heavy atom. The smallest absolute Gasteiger partial charge is 0.244 e. The maximum Gasteiger partial charge on any atom is 0.244 e. The summed E-state index contributed by atoms with van der Waals surface area (Å²) in [5.74, 6) is -0.220. The van der Waals surface area contributed by atoms with Crippen LogP contribution in [-0.2, 0) is 24.8 Å². The second-order valence-corrected chi connectivity index (χ2v) is 11.1. The Kier molecular flexibility index (Phi) is 7.10. The van der Waals surface area contributed by atoms with Crippen molar-refractivity contribution in [2.75, 3.05) is 32.7 Å². The second-order valence-electron chi connectivity index (χ2n) is 7.39. The Labute approximate surface area is 183 Å². The normalized spacial score (nSPS) is 15.7. The molecule has 11 heteroatoms. The van der Waals surface area contributed by atoms with E-state index in [1.54, 1.807) is 30.0 Å². The van der Waals surface area contributed by atoms with E-state index in [0.29, 0.717) is 5.56 Å². The highest BCUT2D eigenvalue weighted by Crippen LogP contribution is 2.18. The van der Waals surface area contributed by atoms with Crippen molar-refractivity contribution < 1.29 is 21.6 Å². The quantitative estimate of drug-likeness (QED) is 0.648. The van der Waals surface area contributed by atoms with Crippen molar-refractivity contribution in [1.29, 1.82) is 0 Å². The van der Waals surface area contributed by atoms with Crippen LogP contribution in [0, 0.1) is 13.8 Å². The first-order valence-corrected chi connectivity index (χ1v) is 12.8. The number of hydrogen-bond donors (Lipinski definition) is 1. The fourth-order valence-electron chi connectivity index (χ4n) is 3.35. The second kappa shape index (κ2) is 9.43. The summed E-state index contributed by atoms with van der Waals surface area (Å²) in [7, 11) is -7.36. The van der Waals surface area contributed by atoms with Crippen molar-refractivity contribution in [3.8, 4) is 0 Å². The number of amides is 1. The van der Waals surface area contributed by atoms with Gasteiger partial charge >= 0.3 is 0 Å². The number of benzene rings is 1. The first-order chi connectivity index (χ1) is 14.6. The molecule has 0 unspecified atom stereocenters. The molecule has 168 valence electrons. The molecular formula is C20H26N4O5S2. The van der Waals surface area contributed by atoms with Gasteiger partial charge in [0.15, 0.2) is 0 Å². The Morgan fingerprint density at radius 1 is 1.06 bits per heavy atom. The van der Waals surface area contributed by atoms with Crippen LogP contribution in [0.1, 0.15) is 17.5 Å². The Bertz CT molecular complexity index is 1140. The number of carbonyl (C=O) groups is 1. The zero-order chi connectivity index (χ0) is 22.6. The molecule has 3 rings (SSSR count). The van der Waals surface area contributed by atoms with E-state index in [-0.39, 0.29) is 54.8 Å². The van der Waals surface area contributed by atoms with Crippen LogP contribution in [-0.4, -0.2) is 69.7 Å². The van der Waals surface area contributed by atoms with Gasteiger partial charge in [0.1, 0.15) is 4.90 Å². The van der Waals surface area contributed by atoms with Crippen molar-refractivity contribution in [3.63, 3.8) is 0 Å². The molecule has 1 amide bonds. The topological polar surface area (TPSA) is 117 Å². The molecule has 0 bridgehead atoms. The van der Waals surface area contributed by atoms with Crippen LogP contribution in [0.15, 0.2) is 52.5 Å². The van der Waals surface area contributed by atoms with E-state index >= 15 is 0 Å². The summed E-state index contributed by atoms with van der Waals surface area (Å²) in [6.45, 7) is 4.37. The van der Waals surface area contributed by atoms with Crippen LogP contribution >= 0.6 is 0 Å². The largest absolute Gasteiger partial charge is 0.340 e. The fourth-order valence-corrected chi connectivity index (χ4v) is 6.10. The molecule has 2 heterocycles. The standard InChI is InChI=1S/C20H26N4O5S2/c1-16-5-6-17(2)19(14-16)30(26,27)22-9-7-20(25)23-10-12-24(13-11-23)31(28,29)18-4-3-8-21-15-18/h3-6,8,14-15,22H,7,9-13H2,1-2H3. The number of aryl methyl sites for hydroxylation is 2. The Balaban J connectivity index is 1.52. The van der Waals surface area contributed by atoms with E-state index in [1.807, 2.05) is 13.0 Å². The van der Waals surface area contributed by atoms with E-state index < -0.39 is 20.0 Å². The molecule has 0 saturated carbocycles. The van der Waals surface area contributed by atoms with Gasteiger partial charge in [0.25, 0.3) is 0 Å². The number of piperazine rings is 1. The third kappa shape index (κ3) is 5.48. The molecule has 1 aromatic carbocycles. The molecule has 1 aliphatic heterocycles. The maximum atomic E-state index is 12.6. The Hall–Kier alpha value is -2.34. The molecular weight excluding hydrogens is 440 g/mol. The molecule has 2 aromatic rings. The van der Waals surface area contributed by atoms with Gasteiger partial charge in [-0.3, -0.25) is 9.78 Å². The highest BCUT2D eigenvalue weighted by molar-refractivity contribution is 7.89. The highest BCUT2D eigenvalue weighted by atomic mass is 32.2. The summed E-state index contributed by atoms with van der Waals surface area (Å²) in [5, 5.41) is 0. The van der Waals surface area contributed by atoms with E-state index in [0.717, 1.165) is 5.56 Å². The van der Waals surface area contributed by atoms with E-state index in [4.69, 9.17) is 0 Å². The van der Waals surface area contributed by atoms with Crippen LogP contribution in [0.4, 0.5) is 0 Å². The van der Waals surface area contributed by atoms with Gasteiger partial charge in [0, 0.05) is 51.5 Å². The number of carbonyl (C=O) groups excluding carboxylic acids is 1. The zero-order valence-corrected chi connectivity index (χ0v) is 19.1. The molecule has 1 aliphatic rings. The number of pyridine rings is 1. The van der Waals surface area contributed by atoms with Crippen LogP contribution in [0.2, 0.25) is 0 Å². The molecule has 1 aromatic heterocycles. The van der Waals surface area contributed by atoms with Crippen LogP contribution in [0.3, 0.4) is 0 Å². The summed E-state index contributed by atoms with van der Waals surface area (Å²) in [6.07, 6.45) is 2.80. The molecule has 9 nitrogen and oxygen atoms in total. The molecule has 0 radical (unpaired) electrons. The van der Waals surface area contributed by atoms with Gasteiger partial charge < -0.3 is 4.90 Å². The maximum absolute atomic E-state index is 12.6. The van der Waals surface area contributed by atoms with Crippen molar-refractivity contribution >= 4 is 26.0 Å². The van der Waals surface area contributed by atoms with Gasteiger partial charge in [0.2, 0.25) is 26.0 Å². The zero-order valence-electron chi connectivity index (χ0n) is 17.5. The lowest BCUT2D eigenvalue weighted by molar-refractivity contribution is -0.132. The van der Waals surface area contributed by atoms with Gasteiger partial charge in [-0.1, -0.05) is 12.1 Å². The summed E-state index contributed by atoms with van der Waals surface area (Å²) in [4.78, 5) is 18.2. The summed E-state index contributed by atoms with van der Waals surface area (Å²) in [5.41, 5.74) is 1.47. The molecule has 0 spiro atoms. The van der Waals surface area contributed by atoms with Gasteiger partial charge in [-0.25, -0.2) is 21.6 Å². The van der Waals surface area contributed by atoms with E-state index in [1.165, 1.54) is 22.8 Å². The lowest BCUT2D eigenvalue weighted by Crippen LogP contribution is -2.50. The molecule has 1 N–H and O–H groups in total. The summed E-state index contributed by atoms with van der Waals surface area (Å²) < 4.78 is 54.2. The van der Waals surface area contributed by atoms with Crippen molar-refractivity contribution in [2.24, 2.45) is 0 Å². The number of sulfonamides is 2. The number of rotatable bonds is 7. The third-order valence-corrected chi connectivity index (χ3v) is 8.61. The number of hydrogen-bond acceptors (Lipinski definition) is 6. The fraction of sp³-hybridized carbons (Fsp3) is 0.400. The van der Waals surface area contributed by atoms with Gasteiger partial charge in [-0.15, -0.1) is 0 Å². The van der Waals surface area contributed by atoms with Crippen molar-refractivity contribution in [2.45, 2.75) is 30.1 Å². The van der Waals surface area contributed by atoms with Gasteiger partial charge in [-0.2, -0.15) is 4.31 Å². The van der Waals surface area contributed by atoms with Crippen molar-refractivity contribution in [1.82, 2.24) is 18.9 Å². The first kappa shape index (κ1) is 23.3. The highest BCUT2D eigenvalue weighted by Gasteiger charge is 2.30. The predicted molar refractivity (Wildman–Crippen MR) is 115 cm³/mol. The number of nitrogens with one attached hydrogen (secondary N) is 1. The summed E-state index contributed by atoms with van der Waals surface area (Å²) >= 11 is 0. The molecule has 0 aliphatic carbocycles. The van der Waals surface area contributed by atoms with E-state index in [9.17, 15) is 21.6 Å². The minimum atomic E-state index is -3.71. The summed E-state index contributed by atoms with van der Waals surface area (Å²) in [6, 6.07) is 8.23. The van der Waals surface area contributed by atoms with Crippen LogP contribution in [0.25, 0.3) is 0 Å². The molecule has 0 atom stereocenters. The van der Waals surface area contributed by atoms with E-state index in [2.05, 4.69) is 9.71 Å². The number of nitrogens with zero attached hydrogens (tertiary/aromatic N) is 3. The lowest BCUT2D eigenvalue weighted by atomic mass is 10.2.